The second-order valence-electron chi connectivity index (χ2n) is 4.58. The zero-order valence-corrected chi connectivity index (χ0v) is 11.7. The Hall–Kier alpha value is -2.69. The second kappa shape index (κ2) is 7.19. The molecule has 2 rings (SSSR count). The van der Waals surface area contributed by atoms with Crippen molar-refractivity contribution in [3.63, 3.8) is 0 Å². The van der Waals surface area contributed by atoms with Gasteiger partial charge in [0.1, 0.15) is 5.75 Å². The van der Waals surface area contributed by atoms with Crippen molar-refractivity contribution in [3.05, 3.63) is 54.1 Å². The van der Waals surface area contributed by atoms with E-state index in [1.54, 1.807) is 18.2 Å². The quantitative estimate of drug-likeness (QED) is 0.537. The second-order valence-corrected chi connectivity index (χ2v) is 4.58. The van der Waals surface area contributed by atoms with Crippen LogP contribution in [-0.2, 0) is 0 Å². The lowest BCUT2D eigenvalue weighted by atomic mass is 10.1. The minimum Gasteiger partial charge on any atom is -0.494 e. The minimum atomic E-state index is -0.495. The molecule has 0 radical (unpaired) electrons. The highest BCUT2D eigenvalue weighted by molar-refractivity contribution is 6.01. The van der Waals surface area contributed by atoms with Crippen LogP contribution in [0.5, 0.6) is 5.75 Å². The van der Waals surface area contributed by atoms with E-state index in [0.29, 0.717) is 30.1 Å². The maximum Gasteiger partial charge on any atom is 0.250 e. The lowest BCUT2D eigenvalue weighted by Crippen LogP contribution is -2.17. The van der Waals surface area contributed by atoms with Crippen molar-refractivity contribution in [2.75, 3.05) is 24.2 Å². The lowest BCUT2D eigenvalue weighted by Gasteiger charge is -2.13. The van der Waals surface area contributed by atoms with Crippen LogP contribution < -0.4 is 21.5 Å². The number of hydrogen-bond acceptors (Lipinski definition) is 4. The van der Waals surface area contributed by atoms with Gasteiger partial charge < -0.3 is 21.5 Å². The molecule has 0 spiro atoms. The van der Waals surface area contributed by atoms with Crippen LogP contribution in [0.2, 0.25) is 0 Å². The standard InChI is InChI=1S/C16H19N3O2/c17-14-9-4-8-13(16(18)20)15(14)19-10-5-11-21-12-6-2-1-3-7-12/h1-4,6-9,19H,5,10-11,17H2,(H2,18,20). The Morgan fingerprint density at radius 3 is 2.57 bits per heavy atom. The molecule has 0 heterocycles. The first-order valence-electron chi connectivity index (χ1n) is 6.78. The van der Waals surface area contributed by atoms with Crippen molar-refractivity contribution in [2.45, 2.75) is 6.42 Å². The zero-order valence-electron chi connectivity index (χ0n) is 11.7. The van der Waals surface area contributed by atoms with Crippen molar-refractivity contribution in [1.82, 2.24) is 0 Å². The molecule has 110 valence electrons. The van der Waals surface area contributed by atoms with Crippen LogP contribution in [0.15, 0.2) is 48.5 Å². The van der Waals surface area contributed by atoms with Gasteiger partial charge in [0.15, 0.2) is 0 Å². The molecule has 0 unspecified atom stereocenters. The molecule has 21 heavy (non-hydrogen) atoms. The maximum absolute atomic E-state index is 11.3. The summed E-state index contributed by atoms with van der Waals surface area (Å²) in [5, 5.41) is 3.14. The SMILES string of the molecule is NC(=O)c1cccc(N)c1NCCCOc1ccccc1. The molecule has 0 saturated carbocycles. The van der Waals surface area contributed by atoms with Gasteiger partial charge in [0.2, 0.25) is 0 Å². The number of hydrogen-bond donors (Lipinski definition) is 3. The summed E-state index contributed by atoms with van der Waals surface area (Å²) in [5.41, 5.74) is 12.7. The number of para-hydroxylation sites is 2. The normalized spacial score (nSPS) is 10.1. The monoisotopic (exact) mass is 285 g/mol. The number of benzene rings is 2. The van der Waals surface area contributed by atoms with Crippen LogP contribution in [0.25, 0.3) is 0 Å². The lowest BCUT2D eigenvalue weighted by molar-refractivity contribution is 0.100. The molecule has 0 aromatic heterocycles. The number of nitrogens with two attached hydrogens (primary N) is 2. The van der Waals surface area contributed by atoms with Crippen LogP contribution in [-0.4, -0.2) is 19.1 Å². The number of rotatable bonds is 7. The Morgan fingerprint density at radius 2 is 1.86 bits per heavy atom. The third-order valence-corrected chi connectivity index (χ3v) is 3.00. The van der Waals surface area contributed by atoms with E-state index in [0.717, 1.165) is 12.2 Å². The van der Waals surface area contributed by atoms with Crippen LogP contribution in [0.3, 0.4) is 0 Å². The van der Waals surface area contributed by atoms with E-state index in [1.807, 2.05) is 30.3 Å². The number of carbonyl (C=O) groups is 1. The summed E-state index contributed by atoms with van der Waals surface area (Å²) in [6.07, 6.45) is 0.779. The maximum atomic E-state index is 11.3. The van der Waals surface area contributed by atoms with E-state index in [4.69, 9.17) is 16.2 Å². The fourth-order valence-electron chi connectivity index (χ4n) is 1.97. The van der Waals surface area contributed by atoms with E-state index < -0.39 is 5.91 Å². The Morgan fingerprint density at radius 1 is 1.10 bits per heavy atom. The van der Waals surface area contributed by atoms with E-state index in [2.05, 4.69) is 5.32 Å². The highest BCUT2D eigenvalue weighted by Gasteiger charge is 2.10. The molecule has 0 saturated heterocycles. The molecule has 5 N–H and O–H groups in total. The Bertz CT molecular complexity index is 600. The molecule has 0 aliphatic rings. The summed E-state index contributed by atoms with van der Waals surface area (Å²) in [7, 11) is 0. The summed E-state index contributed by atoms with van der Waals surface area (Å²) >= 11 is 0. The van der Waals surface area contributed by atoms with E-state index in [9.17, 15) is 4.79 Å². The largest absolute Gasteiger partial charge is 0.494 e. The van der Waals surface area contributed by atoms with Crippen molar-refractivity contribution < 1.29 is 9.53 Å². The molecule has 0 atom stereocenters. The fourth-order valence-corrected chi connectivity index (χ4v) is 1.97. The van der Waals surface area contributed by atoms with Gasteiger partial charge in [0, 0.05) is 6.54 Å². The molecule has 5 heteroatoms. The van der Waals surface area contributed by atoms with E-state index in [1.165, 1.54) is 0 Å². The molecule has 0 fully saturated rings. The van der Waals surface area contributed by atoms with Gasteiger partial charge in [-0.3, -0.25) is 4.79 Å². The highest BCUT2D eigenvalue weighted by Crippen LogP contribution is 2.22. The third-order valence-electron chi connectivity index (χ3n) is 3.00. The van der Waals surface area contributed by atoms with Gasteiger partial charge in [0.25, 0.3) is 5.91 Å². The first-order valence-corrected chi connectivity index (χ1v) is 6.78. The Labute approximate surface area is 123 Å². The molecule has 2 aromatic rings. The summed E-state index contributed by atoms with van der Waals surface area (Å²) < 4.78 is 5.59. The first-order chi connectivity index (χ1) is 10.2. The number of nitrogen functional groups attached to an aromatic ring is 1. The fraction of sp³-hybridized carbons (Fsp3) is 0.188. The van der Waals surface area contributed by atoms with Crippen LogP contribution >= 0.6 is 0 Å². The topological polar surface area (TPSA) is 90.4 Å². The number of amides is 1. The molecule has 0 aliphatic carbocycles. The molecule has 5 nitrogen and oxygen atoms in total. The van der Waals surface area contributed by atoms with E-state index >= 15 is 0 Å². The first kappa shape index (κ1) is 14.7. The van der Waals surface area contributed by atoms with Crippen LogP contribution in [0.4, 0.5) is 11.4 Å². The van der Waals surface area contributed by atoms with Crippen LogP contribution in [0.1, 0.15) is 16.8 Å². The van der Waals surface area contributed by atoms with Gasteiger partial charge in [-0.25, -0.2) is 0 Å². The molecule has 0 aliphatic heterocycles. The number of anilines is 2. The van der Waals surface area contributed by atoms with Crippen molar-refractivity contribution in [1.29, 1.82) is 0 Å². The average Bonchev–Trinajstić information content (AvgIpc) is 2.49. The van der Waals surface area contributed by atoms with Gasteiger partial charge in [-0.15, -0.1) is 0 Å². The molecular weight excluding hydrogens is 266 g/mol. The van der Waals surface area contributed by atoms with Crippen molar-refractivity contribution >= 4 is 17.3 Å². The number of carbonyl (C=O) groups excluding carboxylic acids is 1. The smallest absolute Gasteiger partial charge is 0.250 e. The highest BCUT2D eigenvalue weighted by atomic mass is 16.5. The molecule has 1 amide bonds. The van der Waals surface area contributed by atoms with E-state index in [-0.39, 0.29) is 0 Å². The van der Waals surface area contributed by atoms with Crippen molar-refractivity contribution in [3.8, 4) is 5.75 Å². The summed E-state index contributed by atoms with van der Waals surface area (Å²) in [6.45, 7) is 1.22. The van der Waals surface area contributed by atoms with Gasteiger partial charge in [-0.05, 0) is 30.7 Å². The molecular formula is C16H19N3O2. The number of nitrogens with one attached hydrogen (secondary N) is 1. The zero-order chi connectivity index (χ0) is 15.1. The molecule has 2 aromatic carbocycles. The number of ether oxygens (including phenoxy) is 1. The summed E-state index contributed by atoms with van der Waals surface area (Å²) in [5.74, 6) is 0.347. The summed E-state index contributed by atoms with van der Waals surface area (Å²) in [6, 6.07) is 14.7. The minimum absolute atomic E-state index is 0.402. The van der Waals surface area contributed by atoms with Gasteiger partial charge in [-0.1, -0.05) is 24.3 Å². The summed E-state index contributed by atoms with van der Waals surface area (Å²) in [4.78, 5) is 11.3. The predicted octanol–water partition coefficient (Wildman–Crippen LogP) is 2.25. The third kappa shape index (κ3) is 4.14. The average molecular weight is 285 g/mol. The Balaban J connectivity index is 1.83. The predicted molar refractivity (Wildman–Crippen MR) is 84.4 cm³/mol. The van der Waals surface area contributed by atoms with Gasteiger partial charge in [-0.2, -0.15) is 0 Å². The van der Waals surface area contributed by atoms with Crippen LogP contribution in [0, 0.1) is 0 Å². The number of primary amides is 1. The Kier molecular flexibility index (Phi) is 5.04. The van der Waals surface area contributed by atoms with Crippen molar-refractivity contribution in [2.24, 2.45) is 5.73 Å². The van der Waals surface area contributed by atoms with Gasteiger partial charge in [0.05, 0.1) is 23.5 Å². The molecule has 0 bridgehead atoms. The van der Waals surface area contributed by atoms with Gasteiger partial charge >= 0.3 is 0 Å².